The predicted molar refractivity (Wildman–Crippen MR) is 144 cm³/mol. The molecule has 0 spiro atoms. The third kappa shape index (κ3) is 4.24. The first-order valence-electron chi connectivity index (χ1n) is 11.5. The molecular formula is C27H19FN8OS. The van der Waals surface area contributed by atoms with Crippen molar-refractivity contribution < 1.29 is 9.18 Å². The maximum atomic E-state index is 13.5. The average molecular weight is 523 g/mol. The van der Waals surface area contributed by atoms with E-state index in [1.54, 1.807) is 24.7 Å². The molecule has 0 radical (unpaired) electrons. The van der Waals surface area contributed by atoms with Gasteiger partial charge in [0.2, 0.25) is 0 Å². The largest absolute Gasteiger partial charge is 0.364 e. The van der Waals surface area contributed by atoms with Gasteiger partial charge in [-0.05, 0) is 48.4 Å². The third-order valence-electron chi connectivity index (χ3n) is 5.99. The number of nitrogens with zero attached hydrogens (tertiary/aromatic N) is 5. The van der Waals surface area contributed by atoms with Gasteiger partial charge in [0.1, 0.15) is 39.9 Å². The summed E-state index contributed by atoms with van der Waals surface area (Å²) in [6.07, 6.45) is 4.75. The number of carbonyl (C=O) groups is 1. The lowest BCUT2D eigenvalue weighted by Crippen LogP contribution is -2.12. The summed E-state index contributed by atoms with van der Waals surface area (Å²) in [7, 11) is 0. The van der Waals surface area contributed by atoms with E-state index < -0.39 is 5.91 Å². The number of nitrogens with one attached hydrogen (secondary N) is 2. The number of nitrogens with two attached hydrogens (primary N) is 1. The average Bonchev–Trinajstić information content (AvgIpc) is 3.59. The Kier molecular flexibility index (Phi) is 5.81. The number of imidazole rings is 1. The molecule has 4 N–H and O–H groups in total. The minimum absolute atomic E-state index is 0.144. The number of amides is 1. The molecule has 0 aliphatic rings. The van der Waals surface area contributed by atoms with Gasteiger partial charge in [-0.1, -0.05) is 24.3 Å². The zero-order valence-corrected chi connectivity index (χ0v) is 20.8. The number of rotatable bonds is 6. The number of benzene rings is 2. The Labute approximate surface area is 219 Å². The van der Waals surface area contributed by atoms with Crippen molar-refractivity contribution in [1.82, 2.24) is 29.9 Å². The van der Waals surface area contributed by atoms with Gasteiger partial charge in [0.25, 0.3) is 5.91 Å². The standard InChI is InChI=1S/C27H19FN8OS/c1-14-4-5-16(27-36-22(24(29)37)23(38-27)15-6-8-17(28)9-7-15)11-19(14)35-25-18(3-2-10-30-25)20-21-26(33-12-31-20)34-13-32-21/h2-13H,1H3,(H2,29,37)(H,30,35)(H,31,32,33,34). The van der Waals surface area contributed by atoms with Crippen LogP contribution in [0.25, 0.3) is 43.4 Å². The summed E-state index contributed by atoms with van der Waals surface area (Å²) in [6.45, 7) is 1.98. The number of aromatic nitrogens is 6. The summed E-state index contributed by atoms with van der Waals surface area (Å²) >= 11 is 1.32. The van der Waals surface area contributed by atoms with Gasteiger partial charge in [0.05, 0.1) is 11.2 Å². The lowest BCUT2D eigenvalue weighted by Gasteiger charge is -2.13. The first kappa shape index (κ1) is 23.4. The van der Waals surface area contributed by atoms with Crippen molar-refractivity contribution in [2.75, 3.05) is 5.32 Å². The van der Waals surface area contributed by atoms with Crippen LogP contribution in [0.2, 0.25) is 0 Å². The Morgan fingerprint density at radius 2 is 1.84 bits per heavy atom. The van der Waals surface area contributed by atoms with Gasteiger partial charge in [-0.2, -0.15) is 0 Å². The van der Waals surface area contributed by atoms with Crippen molar-refractivity contribution >= 4 is 39.9 Å². The number of primary amides is 1. The van der Waals surface area contributed by atoms with E-state index in [4.69, 9.17) is 5.73 Å². The molecule has 2 aromatic carbocycles. The predicted octanol–water partition coefficient (Wildman–Crippen LogP) is 5.50. The van der Waals surface area contributed by atoms with Gasteiger partial charge in [0.15, 0.2) is 5.65 Å². The summed E-state index contributed by atoms with van der Waals surface area (Å²) in [5, 5.41) is 4.03. The van der Waals surface area contributed by atoms with E-state index in [0.29, 0.717) is 38.1 Å². The number of pyridine rings is 1. The molecule has 0 atom stereocenters. The first-order chi connectivity index (χ1) is 18.5. The second-order valence-electron chi connectivity index (χ2n) is 8.45. The fourth-order valence-electron chi connectivity index (χ4n) is 4.09. The molecule has 0 aliphatic heterocycles. The zero-order chi connectivity index (χ0) is 26.2. The summed E-state index contributed by atoms with van der Waals surface area (Å²) in [5.41, 5.74) is 11.7. The molecule has 6 rings (SSSR count). The fraction of sp³-hybridized carbons (Fsp3) is 0.0370. The number of aryl methyl sites for hydroxylation is 1. The van der Waals surface area contributed by atoms with Crippen molar-refractivity contribution in [3.05, 3.63) is 90.5 Å². The Morgan fingerprint density at radius 3 is 2.66 bits per heavy atom. The van der Waals surface area contributed by atoms with Crippen molar-refractivity contribution in [1.29, 1.82) is 0 Å². The highest BCUT2D eigenvalue weighted by molar-refractivity contribution is 7.18. The SMILES string of the molecule is Cc1ccc(-c2nc(C(N)=O)c(-c3ccc(F)cc3)s2)cc1Nc1ncccc1-c1ncnc2nc[nH]c12. The highest BCUT2D eigenvalue weighted by Crippen LogP contribution is 2.38. The number of halogens is 1. The molecule has 9 nitrogen and oxygen atoms in total. The molecule has 4 aromatic heterocycles. The van der Waals surface area contributed by atoms with Gasteiger partial charge in [-0.3, -0.25) is 4.79 Å². The molecule has 0 aliphatic carbocycles. The van der Waals surface area contributed by atoms with E-state index in [1.165, 1.54) is 29.8 Å². The number of carbonyl (C=O) groups excluding carboxylic acids is 1. The maximum Gasteiger partial charge on any atom is 0.268 e. The topological polar surface area (TPSA) is 135 Å². The Bertz CT molecular complexity index is 1810. The third-order valence-corrected chi connectivity index (χ3v) is 7.14. The van der Waals surface area contributed by atoms with Crippen LogP contribution in [0.5, 0.6) is 0 Å². The van der Waals surface area contributed by atoms with E-state index in [2.05, 4.69) is 35.2 Å². The number of aromatic amines is 1. The molecule has 38 heavy (non-hydrogen) atoms. The molecule has 6 aromatic rings. The summed E-state index contributed by atoms with van der Waals surface area (Å²) in [4.78, 5) is 37.8. The number of fused-ring (bicyclic) bond motifs is 1. The van der Waals surface area contributed by atoms with Gasteiger partial charge in [0, 0.05) is 23.0 Å². The second kappa shape index (κ2) is 9.45. The van der Waals surface area contributed by atoms with Gasteiger partial charge in [-0.15, -0.1) is 11.3 Å². The van der Waals surface area contributed by atoms with Crippen molar-refractivity contribution in [2.24, 2.45) is 5.73 Å². The lowest BCUT2D eigenvalue weighted by atomic mass is 10.1. The smallest absolute Gasteiger partial charge is 0.268 e. The highest BCUT2D eigenvalue weighted by Gasteiger charge is 2.20. The second-order valence-corrected chi connectivity index (χ2v) is 9.44. The molecule has 4 heterocycles. The molecule has 186 valence electrons. The number of H-pyrrole nitrogens is 1. The van der Waals surface area contributed by atoms with Crippen molar-refractivity contribution in [2.45, 2.75) is 6.92 Å². The van der Waals surface area contributed by atoms with Crippen LogP contribution in [0.4, 0.5) is 15.9 Å². The minimum Gasteiger partial charge on any atom is -0.364 e. The van der Waals surface area contributed by atoms with Crippen LogP contribution in [-0.4, -0.2) is 35.8 Å². The van der Waals surface area contributed by atoms with Gasteiger partial charge in [-0.25, -0.2) is 29.3 Å². The lowest BCUT2D eigenvalue weighted by molar-refractivity contribution is 0.0997. The molecular weight excluding hydrogens is 503 g/mol. The Balaban J connectivity index is 1.40. The molecule has 1 amide bonds. The summed E-state index contributed by atoms with van der Waals surface area (Å²) < 4.78 is 13.5. The maximum absolute atomic E-state index is 13.5. The van der Waals surface area contributed by atoms with E-state index in [-0.39, 0.29) is 11.5 Å². The van der Waals surface area contributed by atoms with Crippen LogP contribution in [0.15, 0.2) is 73.4 Å². The molecule has 0 saturated heterocycles. The number of hydrogen-bond acceptors (Lipinski definition) is 8. The van der Waals surface area contributed by atoms with Crippen LogP contribution in [-0.2, 0) is 0 Å². The summed E-state index contributed by atoms with van der Waals surface area (Å²) in [6, 6.07) is 15.5. The minimum atomic E-state index is -0.648. The normalized spacial score (nSPS) is 11.1. The van der Waals surface area contributed by atoms with Crippen LogP contribution < -0.4 is 11.1 Å². The number of thiazole rings is 1. The number of hydrogen-bond donors (Lipinski definition) is 3. The van der Waals surface area contributed by atoms with E-state index in [0.717, 1.165) is 22.4 Å². The van der Waals surface area contributed by atoms with Crippen LogP contribution in [0, 0.1) is 12.7 Å². The van der Waals surface area contributed by atoms with Crippen molar-refractivity contribution in [3.8, 4) is 32.3 Å². The first-order valence-corrected chi connectivity index (χ1v) is 12.3. The summed E-state index contributed by atoms with van der Waals surface area (Å²) in [5.74, 6) is -0.408. The van der Waals surface area contributed by atoms with E-state index in [1.807, 2.05) is 37.3 Å². The fourth-order valence-corrected chi connectivity index (χ4v) is 5.16. The molecule has 0 fully saturated rings. The quantitative estimate of drug-likeness (QED) is 0.263. The van der Waals surface area contributed by atoms with Gasteiger partial charge < -0.3 is 16.0 Å². The van der Waals surface area contributed by atoms with E-state index >= 15 is 0 Å². The van der Waals surface area contributed by atoms with Crippen molar-refractivity contribution in [3.63, 3.8) is 0 Å². The Hall–Kier alpha value is -5.03. The Morgan fingerprint density at radius 1 is 1.03 bits per heavy atom. The monoisotopic (exact) mass is 522 g/mol. The van der Waals surface area contributed by atoms with E-state index in [9.17, 15) is 9.18 Å². The van der Waals surface area contributed by atoms with Crippen LogP contribution in [0.1, 0.15) is 16.1 Å². The molecule has 0 bridgehead atoms. The molecule has 11 heteroatoms. The zero-order valence-electron chi connectivity index (χ0n) is 19.9. The number of anilines is 2. The van der Waals surface area contributed by atoms with Crippen LogP contribution in [0.3, 0.4) is 0 Å². The highest BCUT2D eigenvalue weighted by atomic mass is 32.1. The van der Waals surface area contributed by atoms with Gasteiger partial charge >= 0.3 is 0 Å². The molecule has 0 saturated carbocycles. The molecule has 0 unspecified atom stereocenters. The van der Waals surface area contributed by atoms with Crippen LogP contribution >= 0.6 is 11.3 Å².